The lowest BCUT2D eigenvalue weighted by molar-refractivity contribution is -0.115. The van der Waals surface area contributed by atoms with Crippen molar-refractivity contribution in [1.29, 1.82) is 5.26 Å². The number of aliphatic hydroxyl groups is 1. The quantitative estimate of drug-likeness (QED) is 0.805. The molecule has 1 N–H and O–H groups in total. The lowest BCUT2D eigenvalue weighted by Gasteiger charge is -2.30. The largest absolute Gasteiger partial charge is 0.396 e. The summed E-state index contributed by atoms with van der Waals surface area (Å²) in [5, 5.41) is 18.9. The molecule has 0 bridgehead atoms. The molecule has 142 valence electrons. The van der Waals surface area contributed by atoms with Gasteiger partial charge in [0.05, 0.1) is 11.6 Å². The van der Waals surface area contributed by atoms with E-state index in [0.717, 1.165) is 46.7 Å². The Morgan fingerprint density at radius 2 is 2.00 bits per heavy atom. The number of amides is 1. The van der Waals surface area contributed by atoms with Crippen molar-refractivity contribution >= 4 is 23.4 Å². The predicted octanol–water partition coefficient (Wildman–Crippen LogP) is 4.68. The van der Waals surface area contributed by atoms with Crippen LogP contribution in [0.1, 0.15) is 37.7 Å². The molecule has 1 aliphatic heterocycles. The Balaban J connectivity index is 1.70. The minimum absolute atomic E-state index is 0.00634. The van der Waals surface area contributed by atoms with Crippen LogP contribution in [-0.4, -0.2) is 23.7 Å². The summed E-state index contributed by atoms with van der Waals surface area (Å²) in [6.07, 6.45) is 4.51. The number of fused-ring (bicyclic) bond motifs is 1. The van der Waals surface area contributed by atoms with E-state index in [0.29, 0.717) is 12.0 Å². The molecule has 1 amide bonds. The molecule has 4 nitrogen and oxygen atoms in total. The molecular formula is C23H22N2O2S. The Bertz CT molecular complexity index is 962. The molecule has 1 fully saturated rings. The number of benzene rings is 2. The predicted molar refractivity (Wildman–Crippen MR) is 110 cm³/mol. The van der Waals surface area contributed by atoms with E-state index in [1.54, 1.807) is 6.07 Å². The second kappa shape index (κ2) is 8.22. The Morgan fingerprint density at radius 3 is 2.75 bits per heavy atom. The van der Waals surface area contributed by atoms with Crippen molar-refractivity contribution in [3.05, 3.63) is 65.2 Å². The van der Waals surface area contributed by atoms with Gasteiger partial charge < -0.3 is 10.0 Å². The molecule has 2 aromatic rings. The van der Waals surface area contributed by atoms with Gasteiger partial charge >= 0.3 is 0 Å². The van der Waals surface area contributed by atoms with Crippen LogP contribution in [0.4, 0.5) is 5.69 Å². The monoisotopic (exact) mass is 390 g/mol. The highest BCUT2D eigenvalue weighted by Gasteiger charge is 2.40. The first-order chi connectivity index (χ1) is 13.7. The first-order valence-electron chi connectivity index (χ1n) is 9.66. The first-order valence-corrected chi connectivity index (χ1v) is 10.5. The van der Waals surface area contributed by atoms with E-state index in [1.807, 2.05) is 47.4 Å². The summed E-state index contributed by atoms with van der Waals surface area (Å²) in [6, 6.07) is 17.9. The number of aliphatic hydroxyl groups excluding tert-OH is 1. The van der Waals surface area contributed by atoms with Gasteiger partial charge in [0, 0.05) is 34.1 Å². The Morgan fingerprint density at radius 1 is 1.18 bits per heavy atom. The van der Waals surface area contributed by atoms with E-state index in [-0.39, 0.29) is 18.6 Å². The van der Waals surface area contributed by atoms with Crippen LogP contribution in [0.2, 0.25) is 0 Å². The highest BCUT2D eigenvalue weighted by Crippen LogP contribution is 2.42. The molecule has 1 atom stereocenters. The third-order valence-corrected chi connectivity index (χ3v) is 6.51. The van der Waals surface area contributed by atoms with E-state index in [9.17, 15) is 15.2 Å². The molecule has 2 aliphatic rings. The van der Waals surface area contributed by atoms with Gasteiger partial charge in [-0.2, -0.15) is 5.26 Å². The van der Waals surface area contributed by atoms with Gasteiger partial charge in [-0.3, -0.25) is 4.79 Å². The molecule has 0 saturated heterocycles. The first kappa shape index (κ1) is 18.8. The van der Waals surface area contributed by atoms with Crippen LogP contribution in [0.3, 0.4) is 0 Å². The van der Waals surface area contributed by atoms with E-state index in [4.69, 9.17) is 0 Å². The van der Waals surface area contributed by atoms with Gasteiger partial charge in [0.1, 0.15) is 6.07 Å². The van der Waals surface area contributed by atoms with Gasteiger partial charge in [0.15, 0.2) is 0 Å². The van der Waals surface area contributed by atoms with E-state index < -0.39 is 0 Å². The van der Waals surface area contributed by atoms with Crippen molar-refractivity contribution < 1.29 is 9.90 Å². The molecule has 5 heteroatoms. The number of rotatable bonds is 5. The third-order valence-electron chi connectivity index (χ3n) is 5.45. The van der Waals surface area contributed by atoms with Crippen LogP contribution in [0.15, 0.2) is 69.5 Å². The SMILES string of the molecule is N#Cc1ccc(N2C(=O)C(CCO)=C3CCCCC32)cc1Sc1ccccc1. The molecule has 0 spiro atoms. The number of hydrogen-bond donors (Lipinski definition) is 1. The average molecular weight is 391 g/mol. The van der Waals surface area contributed by atoms with Crippen molar-refractivity contribution in [3.8, 4) is 6.07 Å². The van der Waals surface area contributed by atoms with Crippen molar-refractivity contribution in [2.24, 2.45) is 0 Å². The maximum Gasteiger partial charge on any atom is 0.254 e. The smallest absolute Gasteiger partial charge is 0.254 e. The lowest BCUT2D eigenvalue weighted by Crippen LogP contribution is -2.37. The molecule has 1 saturated carbocycles. The van der Waals surface area contributed by atoms with E-state index in [1.165, 1.54) is 17.3 Å². The maximum atomic E-state index is 13.2. The van der Waals surface area contributed by atoms with Gasteiger partial charge in [0.25, 0.3) is 5.91 Å². The molecule has 2 aromatic carbocycles. The third kappa shape index (κ3) is 3.46. The summed E-state index contributed by atoms with van der Waals surface area (Å²) in [4.78, 5) is 17.0. The van der Waals surface area contributed by atoms with Gasteiger partial charge in [-0.25, -0.2) is 0 Å². The molecule has 4 rings (SSSR count). The fourth-order valence-electron chi connectivity index (χ4n) is 4.18. The minimum Gasteiger partial charge on any atom is -0.396 e. The van der Waals surface area contributed by atoms with Crippen LogP contribution in [0, 0.1) is 11.3 Å². The van der Waals surface area contributed by atoms with Gasteiger partial charge in [-0.1, -0.05) is 36.4 Å². The van der Waals surface area contributed by atoms with Gasteiger partial charge in [0.2, 0.25) is 0 Å². The summed E-state index contributed by atoms with van der Waals surface area (Å²) in [7, 11) is 0. The number of nitrogens with zero attached hydrogens (tertiary/aromatic N) is 2. The summed E-state index contributed by atoms with van der Waals surface area (Å²) in [5.74, 6) is 0.0105. The number of hydrogen-bond acceptors (Lipinski definition) is 4. The second-order valence-corrected chi connectivity index (χ2v) is 8.24. The van der Waals surface area contributed by atoms with Crippen molar-refractivity contribution in [1.82, 2.24) is 0 Å². The van der Waals surface area contributed by atoms with Crippen LogP contribution < -0.4 is 4.90 Å². The van der Waals surface area contributed by atoms with Crippen LogP contribution in [-0.2, 0) is 4.79 Å². The zero-order valence-corrected chi connectivity index (χ0v) is 16.4. The molecular weight excluding hydrogens is 368 g/mol. The summed E-state index contributed by atoms with van der Waals surface area (Å²) < 4.78 is 0. The van der Waals surface area contributed by atoms with E-state index in [2.05, 4.69) is 6.07 Å². The highest BCUT2D eigenvalue weighted by atomic mass is 32.2. The van der Waals surface area contributed by atoms with Gasteiger partial charge in [-0.05, 0) is 55.2 Å². The number of nitriles is 1. The fourth-order valence-corrected chi connectivity index (χ4v) is 5.14. The Labute approximate surface area is 169 Å². The molecule has 1 unspecified atom stereocenters. The summed E-state index contributed by atoms with van der Waals surface area (Å²) in [5.41, 5.74) is 3.43. The molecule has 1 heterocycles. The van der Waals surface area contributed by atoms with Crippen molar-refractivity contribution in [3.63, 3.8) is 0 Å². The maximum absolute atomic E-state index is 13.2. The zero-order valence-electron chi connectivity index (χ0n) is 15.6. The normalized spacial score (nSPS) is 18.9. The molecule has 0 radical (unpaired) electrons. The lowest BCUT2D eigenvalue weighted by atomic mass is 9.88. The Kier molecular flexibility index (Phi) is 5.52. The molecule has 0 aromatic heterocycles. The zero-order chi connectivity index (χ0) is 19.5. The standard InChI is InChI=1S/C23H22N2O2S/c24-15-16-10-11-17(14-22(16)28-18-6-2-1-3-7-18)25-21-9-5-4-8-19(21)20(12-13-26)23(25)27/h1-3,6-7,10-11,14,21,26H,4-5,8-9,12-13H2. The van der Waals surface area contributed by atoms with Crippen LogP contribution >= 0.6 is 11.8 Å². The van der Waals surface area contributed by atoms with Crippen molar-refractivity contribution in [2.45, 2.75) is 47.9 Å². The highest BCUT2D eigenvalue weighted by molar-refractivity contribution is 7.99. The second-order valence-electron chi connectivity index (χ2n) is 7.12. The fraction of sp³-hybridized carbons (Fsp3) is 0.304. The number of carbonyl (C=O) groups excluding carboxylic acids is 1. The van der Waals surface area contributed by atoms with Gasteiger partial charge in [-0.15, -0.1) is 0 Å². The minimum atomic E-state index is -0.00634. The van der Waals surface area contributed by atoms with Crippen LogP contribution in [0.5, 0.6) is 0 Å². The summed E-state index contributed by atoms with van der Waals surface area (Å²) in [6.45, 7) is -0.00634. The number of carbonyl (C=O) groups is 1. The number of anilines is 1. The Hall–Kier alpha value is -2.55. The summed E-state index contributed by atoms with van der Waals surface area (Å²) >= 11 is 1.54. The average Bonchev–Trinajstić information content (AvgIpc) is 3.01. The molecule has 1 aliphatic carbocycles. The van der Waals surface area contributed by atoms with E-state index >= 15 is 0 Å². The van der Waals surface area contributed by atoms with Crippen LogP contribution in [0.25, 0.3) is 0 Å². The molecule has 28 heavy (non-hydrogen) atoms. The topological polar surface area (TPSA) is 64.3 Å². The van der Waals surface area contributed by atoms with Crippen molar-refractivity contribution in [2.75, 3.05) is 11.5 Å².